The van der Waals surface area contributed by atoms with E-state index in [1.807, 2.05) is 0 Å². The van der Waals surface area contributed by atoms with E-state index in [4.69, 9.17) is 9.84 Å². The molecule has 0 fully saturated rings. The Balaban J connectivity index is 3.40. The summed E-state index contributed by atoms with van der Waals surface area (Å²) in [6, 6.07) is 0. The van der Waals surface area contributed by atoms with Crippen LogP contribution in [0.25, 0.3) is 0 Å². The first kappa shape index (κ1) is 14.9. The lowest BCUT2D eigenvalue weighted by Gasteiger charge is -2.14. The van der Waals surface area contributed by atoms with E-state index < -0.39 is 0 Å². The van der Waals surface area contributed by atoms with E-state index in [0.29, 0.717) is 26.2 Å². The van der Waals surface area contributed by atoms with Gasteiger partial charge in [-0.2, -0.15) is 0 Å². The molecule has 2 N–H and O–H groups in total. The minimum absolute atomic E-state index is 0.00969. The molecule has 0 aromatic carbocycles. The highest BCUT2D eigenvalue weighted by Crippen LogP contribution is 1.84. The van der Waals surface area contributed by atoms with Crippen molar-refractivity contribution in [3.05, 3.63) is 0 Å². The van der Waals surface area contributed by atoms with Crippen molar-refractivity contribution in [3.63, 3.8) is 0 Å². The van der Waals surface area contributed by atoms with Crippen molar-refractivity contribution in [1.82, 2.24) is 10.2 Å². The molecule has 0 radical (unpaired) electrons. The van der Waals surface area contributed by atoms with Crippen LogP contribution in [0, 0.1) is 0 Å². The van der Waals surface area contributed by atoms with Crippen molar-refractivity contribution in [2.75, 3.05) is 40.0 Å². The molecule has 0 spiro atoms. The summed E-state index contributed by atoms with van der Waals surface area (Å²) in [6.07, 6.45) is 0.690. The molecule has 94 valence electrons. The molecule has 0 atom stereocenters. The van der Waals surface area contributed by atoms with Crippen LogP contribution in [0.1, 0.15) is 13.3 Å². The Morgan fingerprint density at radius 2 is 2.06 bits per heavy atom. The van der Waals surface area contributed by atoms with Crippen LogP contribution in [-0.4, -0.2) is 61.8 Å². The first-order valence-electron chi connectivity index (χ1n) is 5.25. The highest BCUT2D eigenvalue weighted by Gasteiger charge is 2.07. The Bertz CT molecular complexity index is 221. The second kappa shape index (κ2) is 9.11. The Kier molecular flexibility index (Phi) is 8.46. The van der Waals surface area contributed by atoms with Crippen LogP contribution in [0.3, 0.4) is 0 Å². The zero-order valence-electron chi connectivity index (χ0n) is 9.86. The van der Waals surface area contributed by atoms with Gasteiger partial charge in [-0.3, -0.25) is 9.59 Å². The number of carbonyl (C=O) groups excluding carboxylic acids is 2. The summed E-state index contributed by atoms with van der Waals surface area (Å²) in [4.78, 5) is 23.4. The average molecular weight is 232 g/mol. The van der Waals surface area contributed by atoms with Gasteiger partial charge < -0.3 is 20.1 Å². The minimum Gasteiger partial charge on any atom is -0.394 e. The molecule has 0 aromatic heterocycles. The van der Waals surface area contributed by atoms with Crippen LogP contribution in [0.2, 0.25) is 0 Å². The van der Waals surface area contributed by atoms with Crippen molar-refractivity contribution in [2.45, 2.75) is 13.3 Å². The molecule has 6 heteroatoms. The van der Waals surface area contributed by atoms with Crippen LogP contribution in [-0.2, 0) is 14.3 Å². The van der Waals surface area contributed by atoms with Crippen LogP contribution < -0.4 is 5.32 Å². The van der Waals surface area contributed by atoms with Crippen molar-refractivity contribution in [1.29, 1.82) is 0 Å². The molecular weight excluding hydrogens is 212 g/mol. The van der Waals surface area contributed by atoms with Crippen molar-refractivity contribution in [3.8, 4) is 0 Å². The van der Waals surface area contributed by atoms with E-state index >= 15 is 0 Å². The number of hydrogen-bond donors (Lipinski definition) is 2. The third kappa shape index (κ3) is 8.19. The van der Waals surface area contributed by atoms with Crippen molar-refractivity contribution in [2.24, 2.45) is 0 Å². The predicted octanol–water partition coefficient (Wildman–Crippen LogP) is -1.02. The Labute approximate surface area is 95.6 Å². The number of rotatable bonds is 8. The third-order valence-electron chi connectivity index (χ3n) is 1.94. The van der Waals surface area contributed by atoms with Crippen molar-refractivity contribution < 1.29 is 19.4 Å². The van der Waals surface area contributed by atoms with Gasteiger partial charge in [0.05, 0.1) is 19.8 Å². The Hall–Kier alpha value is -1.14. The number of hydrogen-bond acceptors (Lipinski definition) is 4. The fourth-order valence-corrected chi connectivity index (χ4v) is 0.951. The lowest BCUT2D eigenvalue weighted by molar-refractivity contribution is -0.133. The number of nitrogens with one attached hydrogen (secondary N) is 1. The van der Waals surface area contributed by atoms with Gasteiger partial charge in [0, 0.05) is 27.1 Å². The Morgan fingerprint density at radius 3 is 2.62 bits per heavy atom. The highest BCUT2D eigenvalue weighted by molar-refractivity contribution is 5.83. The maximum Gasteiger partial charge on any atom is 0.239 e. The van der Waals surface area contributed by atoms with E-state index in [1.165, 1.54) is 11.8 Å². The summed E-state index contributed by atoms with van der Waals surface area (Å²) in [7, 11) is 1.58. The largest absolute Gasteiger partial charge is 0.394 e. The van der Waals surface area contributed by atoms with Gasteiger partial charge >= 0.3 is 0 Å². The van der Waals surface area contributed by atoms with E-state index in [-0.39, 0.29) is 25.0 Å². The van der Waals surface area contributed by atoms with Gasteiger partial charge in [0.1, 0.15) is 0 Å². The second-order valence-corrected chi connectivity index (χ2v) is 3.41. The monoisotopic (exact) mass is 232 g/mol. The van der Waals surface area contributed by atoms with Gasteiger partial charge in [-0.1, -0.05) is 0 Å². The number of likely N-dealkylation sites (N-methyl/N-ethyl adjacent to an activating group) is 1. The van der Waals surface area contributed by atoms with E-state index in [2.05, 4.69) is 5.32 Å². The lowest BCUT2D eigenvalue weighted by atomic mass is 10.4. The molecule has 0 aliphatic carbocycles. The Morgan fingerprint density at radius 1 is 1.38 bits per heavy atom. The molecule has 2 amide bonds. The summed E-state index contributed by atoms with van der Waals surface area (Å²) >= 11 is 0. The molecule has 0 unspecified atom stereocenters. The summed E-state index contributed by atoms with van der Waals surface area (Å²) < 4.78 is 5.02. The van der Waals surface area contributed by atoms with Gasteiger partial charge in [0.2, 0.25) is 11.8 Å². The quantitative estimate of drug-likeness (QED) is 0.525. The van der Waals surface area contributed by atoms with Crippen LogP contribution in [0.5, 0.6) is 0 Å². The molecular formula is C10H20N2O4. The maximum absolute atomic E-state index is 11.3. The topological polar surface area (TPSA) is 78.9 Å². The predicted molar refractivity (Wildman–Crippen MR) is 58.8 cm³/mol. The van der Waals surface area contributed by atoms with Gasteiger partial charge in [-0.15, -0.1) is 0 Å². The maximum atomic E-state index is 11.3. The average Bonchev–Trinajstić information content (AvgIpc) is 2.23. The molecule has 0 aromatic rings. The van der Waals surface area contributed by atoms with Crippen LogP contribution in [0.15, 0.2) is 0 Å². The molecule has 0 saturated heterocycles. The first-order chi connectivity index (χ1) is 7.57. The molecule has 16 heavy (non-hydrogen) atoms. The van der Waals surface area contributed by atoms with Crippen LogP contribution >= 0.6 is 0 Å². The van der Waals surface area contributed by atoms with E-state index in [1.54, 1.807) is 7.05 Å². The molecule has 0 rings (SSSR count). The minimum atomic E-state index is -0.181. The fourth-order valence-electron chi connectivity index (χ4n) is 0.951. The number of ether oxygens (including phenoxy) is 1. The van der Waals surface area contributed by atoms with Gasteiger partial charge in [0.25, 0.3) is 0 Å². The molecule has 0 aliphatic rings. The molecule has 0 bridgehead atoms. The van der Waals surface area contributed by atoms with Gasteiger partial charge in [-0.05, 0) is 6.42 Å². The molecule has 6 nitrogen and oxygen atoms in total. The number of carbonyl (C=O) groups is 2. The third-order valence-corrected chi connectivity index (χ3v) is 1.94. The summed E-state index contributed by atoms with van der Waals surface area (Å²) in [6.45, 7) is 2.83. The first-order valence-corrected chi connectivity index (χ1v) is 5.25. The van der Waals surface area contributed by atoms with Gasteiger partial charge in [-0.25, -0.2) is 0 Å². The van der Waals surface area contributed by atoms with Gasteiger partial charge in [0.15, 0.2) is 0 Å². The normalized spacial score (nSPS) is 9.94. The smallest absolute Gasteiger partial charge is 0.239 e. The summed E-state index contributed by atoms with van der Waals surface area (Å²) in [5.74, 6) is -0.318. The second-order valence-electron chi connectivity index (χ2n) is 3.41. The van der Waals surface area contributed by atoms with Crippen LogP contribution in [0.4, 0.5) is 0 Å². The molecule has 0 heterocycles. The molecule has 0 aliphatic heterocycles. The zero-order valence-corrected chi connectivity index (χ0v) is 9.86. The summed E-state index contributed by atoms with van der Waals surface area (Å²) in [5, 5.41) is 11.1. The van der Waals surface area contributed by atoms with Crippen molar-refractivity contribution >= 4 is 11.8 Å². The number of aliphatic hydroxyl groups excluding tert-OH is 1. The SMILES string of the molecule is CC(=O)N(C)CC(=O)NCCCOCCO. The zero-order chi connectivity index (χ0) is 12.4. The number of nitrogens with zero attached hydrogens (tertiary/aromatic N) is 1. The number of amides is 2. The fraction of sp³-hybridized carbons (Fsp3) is 0.800. The molecule has 0 saturated carbocycles. The lowest BCUT2D eigenvalue weighted by Crippen LogP contribution is -2.37. The number of aliphatic hydroxyl groups is 1. The standard InChI is InChI=1S/C10H20N2O4/c1-9(14)12(2)8-10(15)11-4-3-6-16-7-5-13/h13H,3-8H2,1-2H3,(H,11,15). The van der Waals surface area contributed by atoms with E-state index in [0.717, 1.165) is 0 Å². The highest BCUT2D eigenvalue weighted by atomic mass is 16.5. The summed E-state index contributed by atoms with van der Waals surface area (Å²) in [5.41, 5.74) is 0. The van der Waals surface area contributed by atoms with E-state index in [9.17, 15) is 9.59 Å².